The fourth-order valence-electron chi connectivity index (χ4n) is 1.72. The maximum atomic E-state index is 13.1. The molecule has 0 unspecified atom stereocenters. The Bertz CT molecular complexity index is 634. The van der Waals surface area contributed by atoms with E-state index in [2.05, 4.69) is 4.98 Å². The van der Waals surface area contributed by atoms with E-state index in [4.69, 9.17) is 7.80 Å². The molecule has 0 spiro atoms. The number of fused-ring (bicyclic) bond motifs is 1. The predicted molar refractivity (Wildman–Crippen MR) is 76.1 cm³/mol. The van der Waals surface area contributed by atoms with Gasteiger partial charge in [-0.1, -0.05) is 4.48 Å². The molecule has 0 radical (unpaired) electrons. The summed E-state index contributed by atoms with van der Waals surface area (Å²) in [5, 5.41) is 0.618. The van der Waals surface area contributed by atoms with Gasteiger partial charge in [0.1, 0.15) is 11.5 Å². The van der Waals surface area contributed by atoms with E-state index in [9.17, 15) is 9.28 Å². The third-order valence-electron chi connectivity index (χ3n) is 2.62. The zero-order valence-electron chi connectivity index (χ0n) is 10.2. The van der Waals surface area contributed by atoms with Crippen molar-refractivity contribution in [2.45, 2.75) is 0 Å². The first-order chi connectivity index (χ1) is 9.08. The van der Waals surface area contributed by atoms with Gasteiger partial charge in [0, 0.05) is 30.8 Å². The van der Waals surface area contributed by atoms with Crippen molar-refractivity contribution in [1.29, 1.82) is 0 Å². The molecule has 100 valence electrons. The number of ether oxygens (including phenoxy) is 1. The second-order valence-corrected chi connectivity index (χ2v) is 4.18. The van der Waals surface area contributed by atoms with Crippen molar-refractivity contribution in [2.24, 2.45) is 0 Å². The summed E-state index contributed by atoms with van der Waals surface area (Å²) in [4.78, 5) is 15.9. The minimum Gasteiger partial charge on any atom is -0.496 e. The smallest absolute Gasteiger partial charge is 0.285 e. The first-order valence-corrected chi connectivity index (χ1v) is 6.15. The molecule has 5 nitrogen and oxygen atoms in total. The molecule has 0 bridgehead atoms. The molecule has 1 amide bonds. The van der Waals surface area contributed by atoms with Crippen LogP contribution in [0.1, 0.15) is 10.4 Å². The molecular formula is C12H10FIN2O3. The van der Waals surface area contributed by atoms with Crippen molar-refractivity contribution < 1.29 is 17.1 Å². The van der Waals surface area contributed by atoms with Gasteiger partial charge in [0.15, 0.2) is 23.0 Å². The largest absolute Gasteiger partial charge is 0.496 e. The number of hydrogen-bond acceptors (Lipinski definition) is 4. The van der Waals surface area contributed by atoms with Gasteiger partial charge in [-0.05, 0) is 6.07 Å². The molecular weight excluding hydrogens is 366 g/mol. The normalized spacial score (nSPS) is 10.3. The Kier molecular flexibility index (Phi) is 4.03. The molecule has 2 rings (SSSR count). The van der Waals surface area contributed by atoms with Crippen LogP contribution in [0.25, 0.3) is 10.9 Å². The maximum absolute atomic E-state index is 13.1. The van der Waals surface area contributed by atoms with Crippen molar-refractivity contribution in [3.8, 4) is 11.5 Å². The molecule has 1 heterocycles. The SMILES string of the molecule is COc1cc2nccc(OI)c2cc1C(=O)N(C)F. The van der Waals surface area contributed by atoms with E-state index in [1.807, 2.05) is 0 Å². The van der Waals surface area contributed by atoms with Crippen LogP contribution in [0.15, 0.2) is 24.4 Å². The topological polar surface area (TPSA) is 51.7 Å². The van der Waals surface area contributed by atoms with Crippen LogP contribution in [0, 0.1) is 0 Å². The standard InChI is InChI=1S/C12H10FIN2O3/c1-16(13)12(17)8-5-7-9(6-11(8)18-2)15-4-3-10(7)19-14/h3-6H,1-2H3. The summed E-state index contributed by atoms with van der Waals surface area (Å²) in [5.41, 5.74) is 0.715. The third-order valence-corrected chi connectivity index (χ3v) is 3.09. The van der Waals surface area contributed by atoms with Crippen LogP contribution in [0.5, 0.6) is 11.5 Å². The minimum absolute atomic E-state index is 0.00460. The number of hydrogen-bond donors (Lipinski definition) is 0. The number of pyridine rings is 1. The van der Waals surface area contributed by atoms with Gasteiger partial charge in [-0.2, -0.15) is 5.12 Å². The molecule has 0 aliphatic rings. The molecule has 2 aromatic rings. The molecule has 0 saturated carbocycles. The molecule has 0 aliphatic carbocycles. The lowest BCUT2D eigenvalue weighted by Crippen LogP contribution is -2.18. The van der Waals surface area contributed by atoms with E-state index in [1.165, 1.54) is 13.2 Å². The Morgan fingerprint density at radius 1 is 1.42 bits per heavy atom. The predicted octanol–water partition coefficient (Wildman–Crippen LogP) is 2.93. The number of aromatic nitrogens is 1. The van der Waals surface area contributed by atoms with Crippen molar-refractivity contribution in [3.63, 3.8) is 0 Å². The van der Waals surface area contributed by atoms with Crippen LogP contribution in [0.3, 0.4) is 0 Å². The minimum atomic E-state index is -0.790. The Balaban J connectivity index is 2.72. The second kappa shape index (κ2) is 5.55. The van der Waals surface area contributed by atoms with E-state index in [0.29, 0.717) is 16.7 Å². The summed E-state index contributed by atoms with van der Waals surface area (Å²) in [6.45, 7) is 0. The van der Waals surface area contributed by atoms with Gasteiger partial charge in [0.05, 0.1) is 18.2 Å². The highest BCUT2D eigenvalue weighted by molar-refractivity contribution is 14.1. The Hall–Kier alpha value is -1.64. The zero-order chi connectivity index (χ0) is 14.0. The van der Waals surface area contributed by atoms with Crippen molar-refractivity contribution in [2.75, 3.05) is 14.2 Å². The summed E-state index contributed by atoms with van der Waals surface area (Å²) < 4.78 is 23.3. The number of carbonyl (C=O) groups is 1. The Morgan fingerprint density at radius 2 is 2.16 bits per heavy atom. The summed E-state index contributed by atoms with van der Waals surface area (Å²) >= 11 is 1.73. The molecule has 1 aromatic heterocycles. The lowest BCUT2D eigenvalue weighted by molar-refractivity contribution is 0.0340. The fraction of sp³-hybridized carbons (Fsp3) is 0.167. The van der Waals surface area contributed by atoms with E-state index in [-0.39, 0.29) is 16.4 Å². The van der Waals surface area contributed by atoms with Crippen molar-refractivity contribution >= 4 is 39.8 Å². The first-order valence-electron chi connectivity index (χ1n) is 5.27. The third kappa shape index (κ3) is 2.55. The van der Waals surface area contributed by atoms with Crippen LogP contribution < -0.4 is 7.80 Å². The average Bonchev–Trinajstić information content (AvgIpc) is 2.44. The van der Waals surface area contributed by atoms with Gasteiger partial charge in [-0.25, -0.2) is 0 Å². The molecule has 0 fully saturated rings. The first kappa shape index (κ1) is 13.8. The Morgan fingerprint density at radius 3 is 2.74 bits per heavy atom. The fourth-order valence-corrected chi connectivity index (χ4v) is 2.10. The van der Waals surface area contributed by atoms with Gasteiger partial charge in [0.25, 0.3) is 5.91 Å². The maximum Gasteiger partial charge on any atom is 0.285 e. The Labute approximate surface area is 122 Å². The monoisotopic (exact) mass is 376 g/mol. The quantitative estimate of drug-likeness (QED) is 0.611. The number of rotatable bonds is 3. The van der Waals surface area contributed by atoms with Gasteiger partial charge >= 0.3 is 0 Å². The highest BCUT2D eigenvalue weighted by Gasteiger charge is 2.19. The van der Waals surface area contributed by atoms with Crippen LogP contribution in [-0.4, -0.2) is 30.2 Å². The molecule has 0 saturated heterocycles. The molecule has 19 heavy (non-hydrogen) atoms. The lowest BCUT2D eigenvalue weighted by Gasteiger charge is -2.12. The van der Waals surface area contributed by atoms with E-state index < -0.39 is 5.91 Å². The lowest BCUT2D eigenvalue weighted by atomic mass is 10.1. The number of benzene rings is 1. The van der Waals surface area contributed by atoms with Crippen molar-refractivity contribution in [3.05, 3.63) is 30.0 Å². The van der Waals surface area contributed by atoms with E-state index in [0.717, 1.165) is 7.05 Å². The van der Waals surface area contributed by atoms with Crippen molar-refractivity contribution in [1.82, 2.24) is 10.1 Å². The summed E-state index contributed by atoms with van der Waals surface area (Å²) in [5.74, 6) is 0.0194. The highest BCUT2D eigenvalue weighted by atomic mass is 127. The van der Waals surface area contributed by atoms with Crippen LogP contribution in [-0.2, 0) is 0 Å². The zero-order valence-corrected chi connectivity index (χ0v) is 12.3. The van der Waals surface area contributed by atoms with Crippen LogP contribution in [0.2, 0.25) is 0 Å². The number of methoxy groups -OCH3 is 1. The number of carbonyl (C=O) groups excluding carboxylic acids is 1. The molecule has 1 aromatic carbocycles. The van der Waals surface area contributed by atoms with Gasteiger partial charge in [-0.15, -0.1) is 0 Å². The summed E-state index contributed by atoms with van der Waals surface area (Å²) in [6, 6.07) is 4.74. The number of amides is 1. The molecule has 0 aliphatic heterocycles. The highest BCUT2D eigenvalue weighted by Crippen LogP contribution is 2.32. The molecule has 0 atom stereocenters. The van der Waals surface area contributed by atoms with Crippen LogP contribution >= 0.6 is 23.0 Å². The summed E-state index contributed by atoms with van der Waals surface area (Å²) in [7, 11) is 2.44. The number of nitrogens with zero attached hydrogens (tertiary/aromatic N) is 2. The molecule has 0 N–H and O–H groups in total. The van der Waals surface area contributed by atoms with E-state index >= 15 is 0 Å². The average molecular weight is 376 g/mol. The van der Waals surface area contributed by atoms with Gasteiger partial charge in [-0.3, -0.25) is 9.78 Å². The second-order valence-electron chi connectivity index (χ2n) is 3.74. The molecule has 7 heteroatoms. The summed E-state index contributed by atoms with van der Waals surface area (Å²) in [6.07, 6.45) is 1.58. The number of halogens is 2. The van der Waals surface area contributed by atoms with Crippen LogP contribution in [0.4, 0.5) is 4.48 Å². The van der Waals surface area contributed by atoms with Gasteiger partial charge in [0.2, 0.25) is 0 Å². The van der Waals surface area contributed by atoms with Gasteiger partial charge < -0.3 is 7.80 Å². The van der Waals surface area contributed by atoms with E-state index in [1.54, 1.807) is 41.3 Å².